The van der Waals surface area contributed by atoms with Gasteiger partial charge in [-0.1, -0.05) is 30.5 Å². The molecule has 1 aliphatic heterocycles. The number of pyridine rings is 1. The topological polar surface area (TPSA) is 39.2 Å². The molecule has 1 aromatic rings. The summed E-state index contributed by atoms with van der Waals surface area (Å²) >= 11 is 5.85. The van der Waals surface area contributed by atoms with E-state index in [2.05, 4.69) is 4.98 Å². The molecule has 0 atom stereocenters. The van der Waals surface area contributed by atoms with Crippen LogP contribution in [0.2, 0.25) is 5.15 Å². The van der Waals surface area contributed by atoms with Gasteiger partial charge in [-0.3, -0.25) is 4.79 Å². The third-order valence-corrected chi connectivity index (χ3v) is 4.68. The number of rotatable bonds is 4. The molecule has 0 radical (unpaired) electrons. The maximum Gasteiger partial charge on any atom is 0.143 e. The fourth-order valence-electron chi connectivity index (χ4n) is 3.23. The van der Waals surface area contributed by atoms with E-state index in [-0.39, 0.29) is 5.41 Å². The second-order valence-corrected chi connectivity index (χ2v) is 6.08. The summed E-state index contributed by atoms with van der Waals surface area (Å²) in [7, 11) is 0. The first-order chi connectivity index (χ1) is 9.21. The molecule has 2 heterocycles. The molecule has 1 saturated carbocycles. The van der Waals surface area contributed by atoms with Crippen molar-refractivity contribution < 1.29 is 9.53 Å². The number of aromatic nitrogens is 1. The molecule has 0 spiro atoms. The first kappa shape index (κ1) is 13.1. The Morgan fingerprint density at radius 3 is 2.63 bits per heavy atom. The van der Waals surface area contributed by atoms with Crippen LogP contribution in [0.5, 0.6) is 0 Å². The number of nitrogens with zero attached hydrogens (tertiary/aromatic N) is 1. The van der Waals surface area contributed by atoms with Gasteiger partial charge in [-0.05, 0) is 24.5 Å². The Hall–Kier alpha value is -0.930. The van der Waals surface area contributed by atoms with Gasteiger partial charge in [0.2, 0.25) is 0 Å². The molecule has 3 rings (SSSR count). The summed E-state index contributed by atoms with van der Waals surface area (Å²) in [5.74, 6) is 0.785. The van der Waals surface area contributed by atoms with Crippen LogP contribution in [0.15, 0.2) is 18.3 Å². The molecule has 0 aromatic carbocycles. The van der Waals surface area contributed by atoms with Gasteiger partial charge < -0.3 is 4.74 Å². The van der Waals surface area contributed by atoms with Crippen molar-refractivity contribution in [2.24, 2.45) is 5.92 Å². The predicted molar refractivity (Wildman–Crippen MR) is 73.3 cm³/mol. The second-order valence-electron chi connectivity index (χ2n) is 5.69. The van der Waals surface area contributed by atoms with Crippen molar-refractivity contribution >= 4 is 17.4 Å². The number of halogens is 1. The van der Waals surface area contributed by atoms with E-state index in [0.29, 0.717) is 23.3 Å². The molecule has 2 aliphatic rings. The SMILES string of the molecule is O=C(CC1COC1)C1(c2ccc(Cl)nc2)CCCC1. The van der Waals surface area contributed by atoms with Crippen molar-refractivity contribution in [2.75, 3.05) is 13.2 Å². The van der Waals surface area contributed by atoms with E-state index in [1.165, 1.54) is 0 Å². The van der Waals surface area contributed by atoms with Crippen molar-refractivity contribution in [3.05, 3.63) is 29.0 Å². The number of carbonyl (C=O) groups is 1. The van der Waals surface area contributed by atoms with Crippen LogP contribution in [-0.4, -0.2) is 24.0 Å². The normalized spacial score (nSPS) is 22.2. The Kier molecular flexibility index (Phi) is 3.59. The largest absolute Gasteiger partial charge is 0.381 e. The highest BCUT2D eigenvalue weighted by molar-refractivity contribution is 6.29. The second kappa shape index (κ2) is 5.22. The number of carbonyl (C=O) groups excluding carboxylic acids is 1. The highest BCUT2D eigenvalue weighted by Gasteiger charge is 2.43. The number of hydrogen-bond donors (Lipinski definition) is 0. The minimum atomic E-state index is -0.312. The zero-order chi connectivity index (χ0) is 13.3. The molecule has 1 aromatic heterocycles. The Bertz CT molecular complexity index is 462. The molecule has 3 nitrogen and oxygen atoms in total. The van der Waals surface area contributed by atoms with Crippen molar-refractivity contribution in [1.29, 1.82) is 0 Å². The average molecular weight is 280 g/mol. The van der Waals surface area contributed by atoms with Gasteiger partial charge in [-0.25, -0.2) is 4.98 Å². The minimum absolute atomic E-state index is 0.312. The van der Waals surface area contributed by atoms with Gasteiger partial charge in [0.1, 0.15) is 10.9 Å². The molecule has 19 heavy (non-hydrogen) atoms. The lowest BCUT2D eigenvalue weighted by Crippen LogP contribution is -2.38. The van der Waals surface area contributed by atoms with E-state index >= 15 is 0 Å². The van der Waals surface area contributed by atoms with Crippen molar-refractivity contribution in [1.82, 2.24) is 4.98 Å². The van der Waals surface area contributed by atoms with Crippen LogP contribution in [-0.2, 0) is 14.9 Å². The maximum absolute atomic E-state index is 12.7. The van der Waals surface area contributed by atoms with Crippen LogP contribution in [0, 0.1) is 5.92 Å². The van der Waals surface area contributed by atoms with E-state index in [9.17, 15) is 4.79 Å². The molecule has 2 fully saturated rings. The predicted octanol–water partition coefficient (Wildman–Crippen LogP) is 3.15. The smallest absolute Gasteiger partial charge is 0.143 e. The quantitative estimate of drug-likeness (QED) is 0.795. The summed E-state index contributed by atoms with van der Waals surface area (Å²) in [6, 6.07) is 3.76. The zero-order valence-corrected chi connectivity index (χ0v) is 11.7. The van der Waals surface area contributed by atoms with Gasteiger partial charge in [0.15, 0.2) is 0 Å². The van der Waals surface area contributed by atoms with E-state index in [4.69, 9.17) is 16.3 Å². The molecular formula is C15H18ClNO2. The van der Waals surface area contributed by atoms with Crippen LogP contribution < -0.4 is 0 Å². The summed E-state index contributed by atoms with van der Waals surface area (Å²) < 4.78 is 5.17. The molecule has 0 unspecified atom stereocenters. The Morgan fingerprint density at radius 1 is 1.37 bits per heavy atom. The fourth-order valence-corrected chi connectivity index (χ4v) is 3.34. The van der Waals surface area contributed by atoms with Gasteiger partial charge in [0.25, 0.3) is 0 Å². The number of ether oxygens (including phenoxy) is 1. The van der Waals surface area contributed by atoms with E-state index in [1.54, 1.807) is 12.3 Å². The lowest BCUT2D eigenvalue weighted by molar-refractivity contribution is -0.129. The van der Waals surface area contributed by atoms with Crippen LogP contribution >= 0.6 is 11.6 Å². The van der Waals surface area contributed by atoms with Crippen LogP contribution in [0.25, 0.3) is 0 Å². The molecule has 102 valence electrons. The fraction of sp³-hybridized carbons (Fsp3) is 0.600. The van der Waals surface area contributed by atoms with Gasteiger partial charge in [-0.15, -0.1) is 0 Å². The van der Waals surface area contributed by atoms with Crippen LogP contribution in [0.3, 0.4) is 0 Å². The summed E-state index contributed by atoms with van der Waals surface area (Å²) in [6.45, 7) is 1.47. The minimum Gasteiger partial charge on any atom is -0.381 e. The lowest BCUT2D eigenvalue weighted by atomic mass is 9.73. The van der Waals surface area contributed by atoms with Gasteiger partial charge in [-0.2, -0.15) is 0 Å². The molecule has 4 heteroatoms. The summed E-state index contributed by atoms with van der Waals surface area (Å²) in [6.07, 6.45) is 6.56. The Labute approximate surface area is 118 Å². The third kappa shape index (κ3) is 2.41. The standard InChI is InChI=1S/C15H18ClNO2/c16-14-4-3-12(8-17-14)15(5-1-2-6-15)13(18)7-11-9-19-10-11/h3-4,8,11H,1-2,5-7,9-10H2. The average Bonchev–Trinajstić information content (AvgIpc) is 2.85. The van der Waals surface area contributed by atoms with Crippen molar-refractivity contribution in [2.45, 2.75) is 37.5 Å². The molecule has 1 saturated heterocycles. The first-order valence-corrected chi connectivity index (χ1v) is 7.31. The van der Waals surface area contributed by atoms with Crippen molar-refractivity contribution in [3.63, 3.8) is 0 Å². The van der Waals surface area contributed by atoms with Gasteiger partial charge >= 0.3 is 0 Å². The summed E-state index contributed by atoms with van der Waals surface area (Å²) in [4.78, 5) is 16.9. The van der Waals surface area contributed by atoms with E-state index in [0.717, 1.165) is 44.5 Å². The molecule has 0 N–H and O–H groups in total. The Balaban J connectivity index is 1.85. The summed E-state index contributed by atoms with van der Waals surface area (Å²) in [5, 5.41) is 0.483. The molecular weight excluding hydrogens is 262 g/mol. The summed E-state index contributed by atoms with van der Waals surface area (Å²) in [5.41, 5.74) is 0.729. The van der Waals surface area contributed by atoms with E-state index < -0.39 is 0 Å². The first-order valence-electron chi connectivity index (χ1n) is 6.94. The van der Waals surface area contributed by atoms with Gasteiger partial charge in [0, 0.05) is 18.5 Å². The maximum atomic E-state index is 12.7. The monoisotopic (exact) mass is 279 g/mol. The third-order valence-electron chi connectivity index (χ3n) is 4.45. The zero-order valence-electron chi connectivity index (χ0n) is 10.9. The Morgan fingerprint density at radius 2 is 2.11 bits per heavy atom. The molecule has 0 bridgehead atoms. The number of ketones is 1. The van der Waals surface area contributed by atoms with Crippen LogP contribution in [0.4, 0.5) is 0 Å². The molecule has 0 amide bonds. The van der Waals surface area contributed by atoms with Crippen LogP contribution in [0.1, 0.15) is 37.7 Å². The number of hydrogen-bond acceptors (Lipinski definition) is 3. The number of Topliss-reactive ketones (excluding diaryl/α,β-unsaturated/α-hetero) is 1. The highest BCUT2D eigenvalue weighted by Crippen LogP contribution is 2.43. The lowest BCUT2D eigenvalue weighted by Gasteiger charge is -2.32. The van der Waals surface area contributed by atoms with E-state index in [1.807, 2.05) is 6.07 Å². The highest BCUT2D eigenvalue weighted by atomic mass is 35.5. The van der Waals surface area contributed by atoms with Gasteiger partial charge in [0.05, 0.1) is 18.6 Å². The van der Waals surface area contributed by atoms with Crippen molar-refractivity contribution in [3.8, 4) is 0 Å². The molecule has 1 aliphatic carbocycles.